The van der Waals surface area contributed by atoms with E-state index in [4.69, 9.17) is 10.9 Å². The number of hydrogen-bond acceptors (Lipinski definition) is 3. The van der Waals surface area contributed by atoms with E-state index >= 15 is 0 Å². The monoisotopic (exact) mass is 142 g/mol. The van der Waals surface area contributed by atoms with Crippen LogP contribution in [0.1, 0.15) is 6.42 Å². The van der Waals surface area contributed by atoms with Crippen molar-refractivity contribution >= 4 is 11.9 Å². The van der Waals surface area contributed by atoms with Crippen molar-refractivity contribution in [1.29, 1.82) is 0 Å². The summed E-state index contributed by atoms with van der Waals surface area (Å²) in [5.41, 5.74) is 5.60. The summed E-state index contributed by atoms with van der Waals surface area (Å²) in [5, 5.41) is 5.31. The first-order chi connectivity index (χ1) is 4.33. The lowest BCUT2D eigenvalue weighted by atomic mass is 10.1. The van der Waals surface area contributed by atoms with Gasteiger partial charge in [-0.2, -0.15) is 0 Å². The zero-order chi connectivity index (χ0) is 6.69. The molecule has 1 aliphatic rings. The molecule has 0 aromatic rings. The molecule has 4 N–H and O–H groups in total. The van der Waals surface area contributed by atoms with Crippen LogP contribution in [0, 0.1) is 0 Å². The Kier molecular flexibility index (Phi) is 2.33. The highest BCUT2D eigenvalue weighted by atomic mass is 32.2. The van der Waals surface area contributed by atoms with Gasteiger partial charge in [0.15, 0.2) is 0 Å². The molecule has 0 fully saturated rings. The molecule has 9 heavy (non-hydrogen) atoms. The van der Waals surface area contributed by atoms with Crippen molar-refractivity contribution in [3.8, 4) is 0 Å². The minimum Gasteiger partial charge on any atom is -0.324 e. The molecule has 0 aliphatic heterocycles. The summed E-state index contributed by atoms with van der Waals surface area (Å²) in [5.74, 6) is 0. The molecule has 1 atom stereocenters. The topological polar surface area (TPSA) is 52.0 Å². The lowest BCUT2D eigenvalue weighted by molar-refractivity contribution is 0.824. The van der Waals surface area contributed by atoms with Gasteiger partial charge in [-0.25, -0.2) is 0 Å². The van der Waals surface area contributed by atoms with Gasteiger partial charge < -0.3 is 5.73 Å². The summed E-state index contributed by atoms with van der Waals surface area (Å²) >= 11 is 1.24. The maximum atomic E-state index is 5.60. The third-order valence-electron chi connectivity index (χ3n) is 1.20. The first kappa shape index (κ1) is 6.86. The van der Waals surface area contributed by atoms with Crippen LogP contribution in [-0.2, 0) is 0 Å². The van der Waals surface area contributed by atoms with Gasteiger partial charge in [-0.3, -0.25) is 5.14 Å². The maximum absolute atomic E-state index is 5.60. The molecular weight excluding hydrogens is 132 g/mol. The smallest absolute Gasteiger partial charge is 0.0273 e. The van der Waals surface area contributed by atoms with Crippen molar-refractivity contribution in [2.24, 2.45) is 10.9 Å². The van der Waals surface area contributed by atoms with Crippen LogP contribution in [0.25, 0.3) is 0 Å². The van der Waals surface area contributed by atoms with E-state index in [2.05, 4.69) is 0 Å². The maximum Gasteiger partial charge on any atom is 0.0273 e. The Labute approximate surface area is 59.1 Å². The third-order valence-corrected chi connectivity index (χ3v) is 1.75. The Hall–Kier alpha value is -0.250. The molecule has 0 spiro atoms. The second-order valence-corrected chi connectivity index (χ2v) is 2.70. The molecule has 0 aromatic carbocycles. The fourth-order valence-electron chi connectivity index (χ4n) is 0.754. The highest BCUT2D eigenvalue weighted by Crippen LogP contribution is 2.15. The van der Waals surface area contributed by atoms with Crippen LogP contribution < -0.4 is 10.9 Å². The van der Waals surface area contributed by atoms with Gasteiger partial charge in [0.05, 0.1) is 0 Å². The normalized spacial score (nSPS) is 26.0. The van der Waals surface area contributed by atoms with Crippen LogP contribution in [0.2, 0.25) is 0 Å². The molecule has 0 saturated carbocycles. The summed E-state index contributed by atoms with van der Waals surface area (Å²) < 4.78 is 0. The molecule has 1 aliphatic carbocycles. The van der Waals surface area contributed by atoms with Gasteiger partial charge in [-0.15, -0.1) is 0 Å². The van der Waals surface area contributed by atoms with Crippen LogP contribution in [0.4, 0.5) is 0 Å². The summed E-state index contributed by atoms with van der Waals surface area (Å²) in [6.45, 7) is 0. The van der Waals surface area contributed by atoms with E-state index in [1.54, 1.807) is 0 Å². The van der Waals surface area contributed by atoms with Crippen LogP contribution in [0.3, 0.4) is 0 Å². The van der Waals surface area contributed by atoms with E-state index in [9.17, 15) is 0 Å². The number of allylic oxidation sites excluding steroid dienone is 1. The Bertz CT molecular complexity index is 151. The Morgan fingerprint density at radius 2 is 2.44 bits per heavy atom. The van der Waals surface area contributed by atoms with Crippen molar-refractivity contribution < 1.29 is 0 Å². The molecule has 0 aromatic heterocycles. The lowest BCUT2D eigenvalue weighted by Crippen LogP contribution is -2.17. The van der Waals surface area contributed by atoms with Crippen LogP contribution in [-0.4, -0.2) is 6.04 Å². The number of hydrogen-bond donors (Lipinski definition) is 2. The third kappa shape index (κ3) is 1.86. The average molecular weight is 142 g/mol. The molecule has 3 heteroatoms. The zero-order valence-electron chi connectivity index (χ0n) is 5.08. The van der Waals surface area contributed by atoms with Gasteiger partial charge in [0.25, 0.3) is 0 Å². The second-order valence-electron chi connectivity index (χ2n) is 1.99. The van der Waals surface area contributed by atoms with Crippen molar-refractivity contribution in [2.75, 3.05) is 0 Å². The molecule has 1 unspecified atom stereocenters. The molecule has 0 radical (unpaired) electrons. The summed E-state index contributed by atoms with van der Waals surface area (Å²) in [6, 6.07) is 0.168. The van der Waals surface area contributed by atoms with E-state index in [1.807, 2.05) is 18.2 Å². The molecule has 0 saturated heterocycles. The standard InChI is InChI=1S/C6H10N2S/c7-5-2-1-3-6(4-5)9-8/h1,3-5H,2,7-8H2. The molecule has 50 valence electrons. The molecule has 0 heterocycles. The van der Waals surface area contributed by atoms with Crippen LogP contribution in [0.15, 0.2) is 23.1 Å². The predicted molar refractivity (Wildman–Crippen MR) is 41.6 cm³/mol. The van der Waals surface area contributed by atoms with Gasteiger partial charge >= 0.3 is 0 Å². The summed E-state index contributed by atoms with van der Waals surface area (Å²) in [4.78, 5) is 1.06. The van der Waals surface area contributed by atoms with E-state index in [-0.39, 0.29) is 6.04 Å². The van der Waals surface area contributed by atoms with E-state index < -0.39 is 0 Å². The Balaban J connectivity index is 2.59. The van der Waals surface area contributed by atoms with Crippen LogP contribution in [0.5, 0.6) is 0 Å². The van der Waals surface area contributed by atoms with Gasteiger partial charge in [-0.05, 0) is 18.4 Å². The number of nitrogens with two attached hydrogens (primary N) is 2. The zero-order valence-corrected chi connectivity index (χ0v) is 5.90. The first-order valence-electron chi connectivity index (χ1n) is 2.83. The first-order valence-corrected chi connectivity index (χ1v) is 3.71. The van der Waals surface area contributed by atoms with Crippen LogP contribution >= 0.6 is 11.9 Å². The SMILES string of the molecule is NSC1=CC(N)CC=C1. The second kappa shape index (κ2) is 3.06. The predicted octanol–water partition coefficient (Wildman–Crippen LogP) is 0.764. The minimum atomic E-state index is 0.168. The summed E-state index contributed by atoms with van der Waals surface area (Å²) in [7, 11) is 0. The van der Waals surface area contributed by atoms with Crippen molar-refractivity contribution in [2.45, 2.75) is 12.5 Å². The quantitative estimate of drug-likeness (QED) is 0.531. The molecule has 0 bridgehead atoms. The van der Waals surface area contributed by atoms with E-state index in [0.717, 1.165) is 11.3 Å². The van der Waals surface area contributed by atoms with Gasteiger partial charge in [0.1, 0.15) is 0 Å². The summed E-state index contributed by atoms with van der Waals surface area (Å²) in [6.07, 6.45) is 6.95. The number of rotatable bonds is 1. The van der Waals surface area contributed by atoms with Gasteiger partial charge in [0.2, 0.25) is 0 Å². The molecule has 2 nitrogen and oxygen atoms in total. The Morgan fingerprint density at radius 3 is 2.89 bits per heavy atom. The fourth-order valence-corrected chi connectivity index (χ4v) is 1.18. The largest absolute Gasteiger partial charge is 0.324 e. The van der Waals surface area contributed by atoms with Crippen molar-refractivity contribution in [3.63, 3.8) is 0 Å². The molecular formula is C6H10N2S. The molecule has 0 amide bonds. The van der Waals surface area contributed by atoms with E-state index in [0.29, 0.717) is 0 Å². The molecule has 1 rings (SSSR count). The van der Waals surface area contributed by atoms with Crippen molar-refractivity contribution in [3.05, 3.63) is 23.1 Å². The van der Waals surface area contributed by atoms with Gasteiger partial charge in [-0.1, -0.05) is 18.2 Å². The van der Waals surface area contributed by atoms with E-state index in [1.165, 1.54) is 11.9 Å². The lowest BCUT2D eigenvalue weighted by Gasteiger charge is -2.08. The van der Waals surface area contributed by atoms with Crippen molar-refractivity contribution in [1.82, 2.24) is 0 Å². The fraction of sp³-hybridized carbons (Fsp3) is 0.333. The highest BCUT2D eigenvalue weighted by Gasteiger charge is 2.01. The van der Waals surface area contributed by atoms with Gasteiger partial charge in [0, 0.05) is 10.9 Å². The minimum absolute atomic E-state index is 0.168. The average Bonchev–Trinajstić information content (AvgIpc) is 1.88. The highest BCUT2D eigenvalue weighted by molar-refractivity contribution is 8.01. The Morgan fingerprint density at radius 1 is 1.67 bits per heavy atom.